The molecule has 1 aliphatic rings. The second kappa shape index (κ2) is 5.32. The van der Waals surface area contributed by atoms with Crippen molar-refractivity contribution in [2.24, 2.45) is 7.05 Å². The van der Waals surface area contributed by atoms with Crippen molar-refractivity contribution in [1.29, 1.82) is 0 Å². The Labute approximate surface area is 117 Å². The number of pyridine rings is 1. The largest absolute Gasteiger partial charge is 0.358 e. The molecule has 1 atom stereocenters. The first-order valence-electron chi connectivity index (χ1n) is 6.72. The summed E-state index contributed by atoms with van der Waals surface area (Å²) in [7, 11) is 1.85. The Balaban J connectivity index is 1.77. The minimum absolute atomic E-state index is 0.0745. The highest BCUT2D eigenvalue weighted by Crippen LogP contribution is 2.21. The average molecular weight is 271 g/mol. The molecule has 3 heterocycles. The van der Waals surface area contributed by atoms with Gasteiger partial charge in [0.2, 0.25) is 0 Å². The fourth-order valence-corrected chi connectivity index (χ4v) is 2.50. The molecule has 6 nitrogen and oxygen atoms in total. The summed E-state index contributed by atoms with van der Waals surface area (Å²) in [6, 6.07) is 7.27. The monoisotopic (exact) mass is 271 g/mol. The van der Waals surface area contributed by atoms with Crippen molar-refractivity contribution < 1.29 is 4.79 Å². The molecule has 2 aromatic heterocycles. The maximum atomic E-state index is 12.6. The van der Waals surface area contributed by atoms with E-state index in [0.29, 0.717) is 0 Å². The second-order valence-electron chi connectivity index (χ2n) is 4.86. The molecule has 0 aromatic carbocycles. The van der Waals surface area contributed by atoms with Crippen LogP contribution in [-0.4, -0.2) is 33.3 Å². The zero-order chi connectivity index (χ0) is 13.9. The Hall–Kier alpha value is -2.37. The summed E-state index contributed by atoms with van der Waals surface area (Å²) in [4.78, 5) is 18.6. The minimum Gasteiger partial charge on any atom is -0.358 e. The van der Waals surface area contributed by atoms with Crippen molar-refractivity contribution in [2.45, 2.75) is 18.9 Å². The molecule has 1 fully saturated rings. The number of aromatic nitrogens is 3. The molecule has 1 saturated heterocycles. The van der Waals surface area contributed by atoms with Crippen LogP contribution in [-0.2, 0) is 11.8 Å². The lowest BCUT2D eigenvalue weighted by molar-refractivity contribution is -0.120. The van der Waals surface area contributed by atoms with Crippen molar-refractivity contribution in [3.63, 3.8) is 0 Å². The van der Waals surface area contributed by atoms with Gasteiger partial charge in [0.1, 0.15) is 17.7 Å². The zero-order valence-corrected chi connectivity index (χ0v) is 11.4. The van der Waals surface area contributed by atoms with Gasteiger partial charge in [-0.15, -0.1) is 0 Å². The molecule has 2 aromatic rings. The summed E-state index contributed by atoms with van der Waals surface area (Å²) in [5, 5.41) is 7.34. The fraction of sp³-hybridized carbons (Fsp3) is 0.357. The summed E-state index contributed by atoms with van der Waals surface area (Å²) in [5.74, 6) is 1.64. The standard InChI is InChI=1S/C14H17N5O/c1-18-13(7-9-16-18)19-10-4-5-11(14(19)20)17-12-6-2-3-8-15-12/h2-3,6-9,11H,4-5,10H2,1H3,(H,15,17). The second-order valence-corrected chi connectivity index (χ2v) is 4.86. The van der Waals surface area contributed by atoms with Gasteiger partial charge in [0.05, 0.1) is 6.20 Å². The molecule has 0 aliphatic carbocycles. The van der Waals surface area contributed by atoms with Gasteiger partial charge in [0.25, 0.3) is 5.91 Å². The molecule has 1 N–H and O–H groups in total. The number of carbonyl (C=O) groups excluding carboxylic acids is 1. The molecule has 6 heteroatoms. The van der Waals surface area contributed by atoms with E-state index in [4.69, 9.17) is 0 Å². The van der Waals surface area contributed by atoms with Crippen LogP contribution in [0.2, 0.25) is 0 Å². The van der Waals surface area contributed by atoms with Crippen molar-refractivity contribution in [3.8, 4) is 0 Å². The third-order valence-corrected chi connectivity index (χ3v) is 3.50. The van der Waals surface area contributed by atoms with Crippen LogP contribution in [0.4, 0.5) is 11.6 Å². The number of rotatable bonds is 3. The first-order valence-corrected chi connectivity index (χ1v) is 6.72. The summed E-state index contributed by atoms with van der Waals surface area (Å²) < 4.78 is 1.72. The van der Waals surface area contributed by atoms with Gasteiger partial charge >= 0.3 is 0 Å². The lowest BCUT2D eigenvalue weighted by Crippen LogP contribution is -2.48. The van der Waals surface area contributed by atoms with E-state index in [-0.39, 0.29) is 11.9 Å². The van der Waals surface area contributed by atoms with Crippen molar-refractivity contribution in [2.75, 3.05) is 16.8 Å². The highest BCUT2D eigenvalue weighted by molar-refractivity contribution is 5.98. The van der Waals surface area contributed by atoms with E-state index in [1.54, 1.807) is 22.0 Å². The quantitative estimate of drug-likeness (QED) is 0.917. The van der Waals surface area contributed by atoms with E-state index in [9.17, 15) is 4.79 Å². The van der Waals surface area contributed by atoms with Gasteiger partial charge in [-0.25, -0.2) is 4.98 Å². The van der Waals surface area contributed by atoms with Crippen molar-refractivity contribution in [1.82, 2.24) is 14.8 Å². The van der Waals surface area contributed by atoms with Gasteiger partial charge < -0.3 is 5.32 Å². The van der Waals surface area contributed by atoms with Crippen molar-refractivity contribution in [3.05, 3.63) is 36.7 Å². The van der Waals surface area contributed by atoms with Crippen LogP contribution < -0.4 is 10.2 Å². The van der Waals surface area contributed by atoms with Gasteiger partial charge in [-0.1, -0.05) is 6.07 Å². The molecule has 0 bridgehead atoms. The van der Waals surface area contributed by atoms with Gasteiger partial charge in [-0.2, -0.15) is 5.10 Å². The Morgan fingerprint density at radius 2 is 2.20 bits per heavy atom. The van der Waals surface area contributed by atoms with E-state index < -0.39 is 0 Å². The third kappa shape index (κ3) is 2.36. The van der Waals surface area contributed by atoms with Crippen LogP contribution >= 0.6 is 0 Å². The smallest absolute Gasteiger partial charge is 0.250 e. The number of aryl methyl sites for hydroxylation is 1. The maximum absolute atomic E-state index is 12.6. The van der Waals surface area contributed by atoms with E-state index in [1.165, 1.54) is 0 Å². The van der Waals surface area contributed by atoms with Gasteiger partial charge in [-0.05, 0) is 25.0 Å². The Morgan fingerprint density at radius 1 is 1.30 bits per heavy atom. The predicted octanol–water partition coefficient (Wildman–Crippen LogP) is 1.42. The topological polar surface area (TPSA) is 63.1 Å². The van der Waals surface area contributed by atoms with Crippen LogP contribution in [0.3, 0.4) is 0 Å². The van der Waals surface area contributed by atoms with E-state index in [1.807, 2.05) is 31.3 Å². The molecular weight excluding hydrogens is 254 g/mol. The molecule has 0 radical (unpaired) electrons. The Bertz CT molecular complexity index is 595. The number of carbonyl (C=O) groups is 1. The summed E-state index contributed by atoms with van der Waals surface area (Å²) in [5.41, 5.74) is 0. The lowest BCUT2D eigenvalue weighted by Gasteiger charge is -2.32. The normalized spacial score (nSPS) is 19.1. The SMILES string of the molecule is Cn1nccc1N1CCCC(Nc2ccccn2)C1=O. The van der Waals surface area contributed by atoms with Crippen LogP contribution in [0.1, 0.15) is 12.8 Å². The van der Waals surface area contributed by atoms with E-state index in [0.717, 1.165) is 31.0 Å². The number of hydrogen-bond donors (Lipinski definition) is 1. The Morgan fingerprint density at radius 3 is 2.90 bits per heavy atom. The predicted molar refractivity (Wildman–Crippen MR) is 76.4 cm³/mol. The molecule has 1 aliphatic heterocycles. The molecule has 1 amide bonds. The van der Waals surface area contributed by atoms with Crippen molar-refractivity contribution >= 4 is 17.5 Å². The van der Waals surface area contributed by atoms with Gasteiger partial charge in [0, 0.05) is 25.9 Å². The first kappa shape index (κ1) is 12.7. The molecular formula is C14H17N5O. The molecule has 0 spiro atoms. The molecule has 104 valence electrons. The van der Waals surface area contributed by atoms with Gasteiger partial charge in [-0.3, -0.25) is 14.4 Å². The molecule has 3 rings (SSSR count). The summed E-state index contributed by atoms with van der Waals surface area (Å²) in [6.45, 7) is 0.735. The summed E-state index contributed by atoms with van der Waals surface area (Å²) >= 11 is 0. The lowest BCUT2D eigenvalue weighted by atomic mass is 10.0. The Kier molecular flexibility index (Phi) is 3.37. The van der Waals surface area contributed by atoms with Crippen LogP contribution in [0.25, 0.3) is 0 Å². The molecule has 1 unspecified atom stereocenters. The minimum atomic E-state index is -0.228. The molecule has 0 saturated carbocycles. The number of hydrogen-bond acceptors (Lipinski definition) is 4. The third-order valence-electron chi connectivity index (χ3n) is 3.50. The number of nitrogens with zero attached hydrogens (tertiary/aromatic N) is 4. The number of amides is 1. The van der Waals surface area contributed by atoms with Crippen LogP contribution in [0, 0.1) is 0 Å². The first-order chi connectivity index (χ1) is 9.75. The molecule has 20 heavy (non-hydrogen) atoms. The summed E-state index contributed by atoms with van der Waals surface area (Å²) in [6.07, 6.45) is 5.21. The van der Waals surface area contributed by atoms with E-state index in [2.05, 4.69) is 15.4 Å². The highest BCUT2D eigenvalue weighted by atomic mass is 16.2. The number of piperidine rings is 1. The maximum Gasteiger partial charge on any atom is 0.250 e. The van der Waals surface area contributed by atoms with E-state index >= 15 is 0 Å². The van der Waals surface area contributed by atoms with Gasteiger partial charge in [0.15, 0.2) is 0 Å². The number of anilines is 2. The van der Waals surface area contributed by atoms with Crippen LogP contribution in [0.5, 0.6) is 0 Å². The zero-order valence-electron chi connectivity index (χ0n) is 11.4. The van der Waals surface area contributed by atoms with Crippen LogP contribution in [0.15, 0.2) is 36.7 Å². The highest BCUT2D eigenvalue weighted by Gasteiger charge is 2.31. The average Bonchev–Trinajstić information content (AvgIpc) is 2.88. The fourth-order valence-electron chi connectivity index (χ4n) is 2.50. The number of nitrogens with one attached hydrogen (secondary N) is 1.